The van der Waals surface area contributed by atoms with Gasteiger partial charge in [0.2, 0.25) is 0 Å². The van der Waals surface area contributed by atoms with Crippen molar-refractivity contribution in [3.8, 4) is 0 Å². The molecule has 1 aliphatic carbocycles. The molecule has 3 nitrogen and oxygen atoms in total. The molecule has 1 aliphatic rings. The lowest BCUT2D eigenvalue weighted by molar-refractivity contribution is -0.0192. The Balaban J connectivity index is 1.99. The molecule has 16 heavy (non-hydrogen) atoms. The van der Waals surface area contributed by atoms with Crippen molar-refractivity contribution in [3.63, 3.8) is 0 Å². The molecule has 1 atom stereocenters. The Morgan fingerprint density at radius 1 is 1.56 bits per heavy atom. The van der Waals surface area contributed by atoms with Crippen LogP contribution in [0.2, 0.25) is 0 Å². The standard InChI is InChI=1S/C13H19NO2/c1-13(2,8-15)9-16-11-6-5-10-4-3-7-14-12(10)11/h3-4,7,11,15H,5-6,8-9H2,1-2H3. The Morgan fingerprint density at radius 3 is 3.12 bits per heavy atom. The summed E-state index contributed by atoms with van der Waals surface area (Å²) in [6.45, 7) is 4.72. The number of fused-ring (bicyclic) bond motifs is 1. The maximum absolute atomic E-state index is 9.17. The van der Waals surface area contributed by atoms with E-state index in [0.717, 1.165) is 18.5 Å². The second kappa shape index (κ2) is 4.52. The van der Waals surface area contributed by atoms with Crippen LogP contribution in [0.4, 0.5) is 0 Å². The topological polar surface area (TPSA) is 42.4 Å². The highest BCUT2D eigenvalue weighted by Gasteiger charge is 2.26. The molecule has 0 aromatic carbocycles. The van der Waals surface area contributed by atoms with Gasteiger partial charge in [-0.2, -0.15) is 0 Å². The van der Waals surface area contributed by atoms with Crippen molar-refractivity contribution in [3.05, 3.63) is 29.6 Å². The van der Waals surface area contributed by atoms with Crippen molar-refractivity contribution >= 4 is 0 Å². The molecule has 0 radical (unpaired) electrons. The highest BCUT2D eigenvalue weighted by atomic mass is 16.5. The fraction of sp³-hybridized carbons (Fsp3) is 0.615. The third-order valence-corrected chi connectivity index (χ3v) is 3.01. The van der Waals surface area contributed by atoms with Crippen LogP contribution in [0.15, 0.2) is 18.3 Å². The van der Waals surface area contributed by atoms with Crippen LogP contribution in [0.5, 0.6) is 0 Å². The van der Waals surface area contributed by atoms with Crippen molar-refractivity contribution in [1.82, 2.24) is 4.98 Å². The minimum absolute atomic E-state index is 0.113. The summed E-state index contributed by atoms with van der Waals surface area (Å²) in [5.74, 6) is 0. The van der Waals surface area contributed by atoms with Crippen LogP contribution < -0.4 is 0 Å². The van der Waals surface area contributed by atoms with Crippen LogP contribution in [0, 0.1) is 5.41 Å². The van der Waals surface area contributed by atoms with Crippen molar-refractivity contribution in [2.45, 2.75) is 32.8 Å². The number of ether oxygens (including phenoxy) is 1. The molecule has 1 heterocycles. The van der Waals surface area contributed by atoms with Crippen LogP contribution in [0.1, 0.15) is 37.6 Å². The van der Waals surface area contributed by atoms with E-state index in [1.165, 1.54) is 5.56 Å². The second-order valence-corrected chi connectivity index (χ2v) is 5.21. The number of hydrogen-bond acceptors (Lipinski definition) is 3. The first-order chi connectivity index (χ1) is 7.62. The molecule has 0 fully saturated rings. The fourth-order valence-electron chi connectivity index (χ4n) is 1.91. The lowest BCUT2D eigenvalue weighted by atomic mass is 9.96. The summed E-state index contributed by atoms with van der Waals surface area (Å²) in [4.78, 5) is 4.38. The van der Waals surface area contributed by atoms with E-state index in [4.69, 9.17) is 9.84 Å². The molecule has 1 N–H and O–H groups in total. The Hall–Kier alpha value is -0.930. The summed E-state index contributed by atoms with van der Waals surface area (Å²) in [5, 5.41) is 9.17. The van der Waals surface area contributed by atoms with Crippen LogP contribution >= 0.6 is 0 Å². The van der Waals surface area contributed by atoms with Crippen LogP contribution in [-0.2, 0) is 11.2 Å². The van der Waals surface area contributed by atoms with Gasteiger partial charge in [-0.1, -0.05) is 19.9 Å². The molecule has 1 aromatic rings. The number of hydrogen-bond donors (Lipinski definition) is 1. The summed E-state index contributed by atoms with van der Waals surface area (Å²) in [7, 11) is 0. The maximum atomic E-state index is 9.17. The summed E-state index contributed by atoms with van der Waals surface area (Å²) < 4.78 is 5.86. The summed E-state index contributed by atoms with van der Waals surface area (Å²) >= 11 is 0. The largest absolute Gasteiger partial charge is 0.396 e. The monoisotopic (exact) mass is 221 g/mol. The van der Waals surface area contributed by atoms with E-state index in [-0.39, 0.29) is 18.1 Å². The SMILES string of the molecule is CC(C)(CO)COC1CCc2cccnc21. The fourth-order valence-corrected chi connectivity index (χ4v) is 1.91. The molecule has 88 valence electrons. The van der Waals surface area contributed by atoms with Gasteiger partial charge in [-0.25, -0.2) is 0 Å². The third-order valence-electron chi connectivity index (χ3n) is 3.01. The Labute approximate surface area is 96.5 Å². The number of aryl methyl sites for hydroxylation is 1. The van der Waals surface area contributed by atoms with Gasteiger partial charge in [0.15, 0.2) is 0 Å². The number of pyridine rings is 1. The van der Waals surface area contributed by atoms with Crippen LogP contribution in [-0.4, -0.2) is 23.3 Å². The molecule has 0 amide bonds. The Kier molecular flexibility index (Phi) is 3.26. The summed E-state index contributed by atoms with van der Waals surface area (Å²) in [5.41, 5.74) is 2.21. The molecule has 0 saturated carbocycles. The Morgan fingerprint density at radius 2 is 2.38 bits per heavy atom. The number of aliphatic hydroxyl groups is 1. The van der Waals surface area contributed by atoms with Crippen LogP contribution in [0.3, 0.4) is 0 Å². The summed E-state index contributed by atoms with van der Waals surface area (Å²) in [6, 6.07) is 4.09. The average molecular weight is 221 g/mol. The quantitative estimate of drug-likeness (QED) is 0.846. The molecule has 0 saturated heterocycles. The van der Waals surface area contributed by atoms with E-state index in [1.807, 2.05) is 26.1 Å². The van der Waals surface area contributed by atoms with E-state index in [9.17, 15) is 0 Å². The van der Waals surface area contributed by atoms with E-state index < -0.39 is 0 Å². The van der Waals surface area contributed by atoms with Crippen molar-refractivity contribution in [2.75, 3.05) is 13.2 Å². The van der Waals surface area contributed by atoms with Gasteiger partial charge in [0.25, 0.3) is 0 Å². The molecular formula is C13H19NO2. The molecule has 0 bridgehead atoms. The van der Waals surface area contributed by atoms with E-state index >= 15 is 0 Å². The molecular weight excluding hydrogens is 202 g/mol. The van der Waals surface area contributed by atoms with Gasteiger partial charge in [0.05, 0.1) is 18.9 Å². The predicted molar refractivity (Wildman–Crippen MR) is 62.1 cm³/mol. The van der Waals surface area contributed by atoms with Crippen molar-refractivity contribution in [1.29, 1.82) is 0 Å². The highest BCUT2D eigenvalue weighted by molar-refractivity contribution is 5.26. The van der Waals surface area contributed by atoms with Crippen LogP contribution in [0.25, 0.3) is 0 Å². The minimum atomic E-state index is -0.169. The molecule has 1 unspecified atom stereocenters. The maximum Gasteiger partial charge on any atom is 0.100 e. The van der Waals surface area contributed by atoms with Gasteiger partial charge in [-0.15, -0.1) is 0 Å². The first kappa shape index (κ1) is 11.6. The van der Waals surface area contributed by atoms with Gasteiger partial charge in [0, 0.05) is 11.6 Å². The summed E-state index contributed by atoms with van der Waals surface area (Å²) in [6.07, 6.45) is 3.99. The van der Waals surface area contributed by atoms with Crippen molar-refractivity contribution in [2.24, 2.45) is 5.41 Å². The van der Waals surface area contributed by atoms with E-state index in [2.05, 4.69) is 11.1 Å². The number of aromatic nitrogens is 1. The predicted octanol–water partition coefficient (Wildman–Crippen LogP) is 2.10. The second-order valence-electron chi connectivity index (χ2n) is 5.21. The third kappa shape index (κ3) is 2.42. The first-order valence-corrected chi connectivity index (χ1v) is 5.79. The highest BCUT2D eigenvalue weighted by Crippen LogP contribution is 2.33. The lowest BCUT2D eigenvalue weighted by Crippen LogP contribution is -2.24. The average Bonchev–Trinajstić information content (AvgIpc) is 2.70. The van der Waals surface area contributed by atoms with Gasteiger partial charge in [-0.3, -0.25) is 4.98 Å². The van der Waals surface area contributed by atoms with E-state index in [1.54, 1.807) is 0 Å². The zero-order valence-electron chi connectivity index (χ0n) is 9.94. The molecule has 2 rings (SSSR count). The molecule has 1 aromatic heterocycles. The number of aliphatic hydroxyl groups excluding tert-OH is 1. The van der Waals surface area contributed by atoms with Gasteiger partial charge < -0.3 is 9.84 Å². The first-order valence-electron chi connectivity index (χ1n) is 5.79. The normalized spacial score (nSPS) is 19.8. The number of rotatable bonds is 4. The van der Waals surface area contributed by atoms with Gasteiger partial charge in [0.1, 0.15) is 6.10 Å². The molecule has 0 aliphatic heterocycles. The minimum Gasteiger partial charge on any atom is -0.396 e. The van der Waals surface area contributed by atoms with Crippen molar-refractivity contribution < 1.29 is 9.84 Å². The van der Waals surface area contributed by atoms with Gasteiger partial charge in [-0.05, 0) is 24.5 Å². The van der Waals surface area contributed by atoms with Gasteiger partial charge >= 0.3 is 0 Å². The lowest BCUT2D eigenvalue weighted by Gasteiger charge is -2.23. The molecule has 3 heteroatoms. The molecule has 0 spiro atoms. The Bertz CT molecular complexity index is 363. The zero-order valence-corrected chi connectivity index (χ0v) is 9.94. The number of nitrogens with zero attached hydrogens (tertiary/aromatic N) is 1. The smallest absolute Gasteiger partial charge is 0.100 e. The van der Waals surface area contributed by atoms with E-state index in [0.29, 0.717) is 6.61 Å². The zero-order chi connectivity index (χ0) is 11.6.